The van der Waals surface area contributed by atoms with Crippen molar-refractivity contribution >= 4 is 52.4 Å². The van der Waals surface area contributed by atoms with Crippen LogP contribution >= 0.6 is 35.6 Å². The van der Waals surface area contributed by atoms with Crippen LogP contribution in [-0.2, 0) is 4.74 Å². The Labute approximate surface area is 206 Å². The Balaban J connectivity index is 0.00000289. The van der Waals surface area contributed by atoms with E-state index in [1.165, 1.54) is 35.6 Å². The molecule has 0 amide bonds. The summed E-state index contributed by atoms with van der Waals surface area (Å²) in [6.45, 7) is 3.64. The van der Waals surface area contributed by atoms with E-state index in [9.17, 15) is 4.79 Å². The summed E-state index contributed by atoms with van der Waals surface area (Å²) in [6.07, 6.45) is 4.80. The van der Waals surface area contributed by atoms with Crippen LogP contribution in [0.25, 0.3) is 10.8 Å². The first-order valence-electron chi connectivity index (χ1n) is 10.9. The van der Waals surface area contributed by atoms with Gasteiger partial charge in [0.1, 0.15) is 0 Å². The van der Waals surface area contributed by atoms with Crippen molar-refractivity contribution in [2.24, 2.45) is 0 Å². The minimum Gasteiger partial charge on any atom is -0.461 e. The third-order valence-corrected chi connectivity index (χ3v) is 6.62. The van der Waals surface area contributed by atoms with Gasteiger partial charge < -0.3 is 9.64 Å². The monoisotopic (exact) mass is 491 g/mol. The summed E-state index contributed by atoms with van der Waals surface area (Å²) in [5.74, 6) is -0.298. The van der Waals surface area contributed by atoms with E-state index in [-0.39, 0.29) is 18.3 Å². The lowest BCUT2D eigenvalue weighted by atomic mass is 9.91. The Hall–Kier alpha value is -1.78. The van der Waals surface area contributed by atoms with Gasteiger partial charge in [0, 0.05) is 10.9 Å². The van der Waals surface area contributed by atoms with Gasteiger partial charge >= 0.3 is 5.97 Å². The molecule has 3 nitrogen and oxygen atoms in total. The van der Waals surface area contributed by atoms with Crippen molar-refractivity contribution in [2.75, 3.05) is 26.2 Å². The van der Waals surface area contributed by atoms with Gasteiger partial charge in [-0.05, 0) is 73.4 Å². The van der Waals surface area contributed by atoms with Gasteiger partial charge in [-0.1, -0.05) is 72.1 Å². The average Bonchev–Trinajstić information content (AvgIpc) is 2.79. The molecule has 1 aliphatic heterocycles. The number of hydrogen-bond donors (Lipinski definition) is 0. The van der Waals surface area contributed by atoms with Crippen LogP contribution in [0.1, 0.15) is 47.5 Å². The normalized spacial score (nSPS) is 15.2. The molecule has 32 heavy (non-hydrogen) atoms. The molecule has 1 fully saturated rings. The Bertz CT molecular complexity index is 1040. The summed E-state index contributed by atoms with van der Waals surface area (Å²) in [5.41, 5.74) is 1.57. The number of hydrogen-bond acceptors (Lipinski definition) is 3. The molecule has 0 aliphatic carbocycles. The molecule has 0 N–H and O–H groups in total. The largest absolute Gasteiger partial charge is 0.461 e. The number of benzene rings is 3. The van der Waals surface area contributed by atoms with Crippen LogP contribution in [0.3, 0.4) is 0 Å². The fraction of sp³-hybridized carbons (Fsp3) is 0.346. The van der Waals surface area contributed by atoms with Crippen LogP contribution in [0, 0.1) is 0 Å². The van der Waals surface area contributed by atoms with Crippen molar-refractivity contribution in [3.63, 3.8) is 0 Å². The molecule has 1 heterocycles. The molecule has 3 aromatic rings. The highest BCUT2D eigenvalue weighted by molar-refractivity contribution is 6.36. The number of fused-ring (bicyclic) bond motifs is 1. The molecule has 6 heteroatoms. The SMILES string of the molecule is Cl.O=C(OCC(CCN1CCCCC1)c1cccc2ccccc12)c1ccc(Cl)cc1Cl. The molecule has 0 bridgehead atoms. The van der Waals surface area contributed by atoms with E-state index in [2.05, 4.69) is 47.4 Å². The van der Waals surface area contributed by atoms with Crippen LogP contribution in [0.4, 0.5) is 0 Å². The van der Waals surface area contributed by atoms with E-state index in [1.807, 2.05) is 0 Å². The molecule has 3 aromatic carbocycles. The van der Waals surface area contributed by atoms with Gasteiger partial charge in [0.2, 0.25) is 0 Å². The van der Waals surface area contributed by atoms with Gasteiger partial charge in [-0.25, -0.2) is 4.79 Å². The van der Waals surface area contributed by atoms with Crippen molar-refractivity contribution in [3.05, 3.63) is 81.8 Å². The van der Waals surface area contributed by atoms with Crippen LogP contribution in [0.15, 0.2) is 60.7 Å². The average molecular weight is 493 g/mol. The van der Waals surface area contributed by atoms with Gasteiger partial charge in [-0.3, -0.25) is 0 Å². The fourth-order valence-electron chi connectivity index (χ4n) is 4.37. The molecule has 0 aromatic heterocycles. The fourth-order valence-corrected chi connectivity index (χ4v) is 4.85. The molecule has 0 radical (unpaired) electrons. The molecule has 1 atom stereocenters. The van der Waals surface area contributed by atoms with Crippen molar-refractivity contribution in [1.29, 1.82) is 0 Å². The number of piperidine rings is 1. The molecule has 1 saturated heterocycles. The molecule has 4 rings (SSSR count). The maximum absolute atomic E-state index is 12.7. The van der Waals surface area contributed by atoms with E-state index in [4.69, 9.17) is 27.9 Å². The zero-order chi connectivity index (χ0) is 21.6. The molecule has 1 aliphatic rings. The number of nitrogens with zero attached hydrogens (tertiary/aromatic N) is 1. The zero-order valence-corrected chi connectivity index (χ0v) is 20.3. The van der Waals surface area contributed by atoms with Crippen molar-refractivity contribution in [3.8, 4) is 0 Å². The predicted octanol–water partition coefficient (Wildman–Crippen LogP) is 7.39. The van der Waals surface area contributed by atoms with Crippen molar-refractivity contribution in [1.82, 2.24) is 4.90 Å². The summed E-state index contributed by atoms with van der Waals surface area (Å²) in [7, 11) is 0. The first kappa shape index (κ1) is 24.9. The summed E-state index contributed by atoms with van der Waals surface area (Å²) >= 11 is 12.2. The Morgan fingerprint density at radius 2 is 1.72 bits per heavy atom. The predicted molar refractivity (Wildman–Crippen MR) is 136 cm³/mol. The number of esters is 1. The topological polar surface area (TPSA) is 29.5 Å². The standard InChI is InChI=1S/C26H27Cl2NO2.ClH/c27-21-11-12-24(25(28)17-21)26(30)31-18-20(13-16-29-14-4-1-5-15-29)23-10-6-8-19-7-2-3-9-22(19)23;/h2-3,6-12,17,20H,1,4-5,13-16,18H2;1H. The number of carbonyl (C=O) groups is 1. The Kier molecular flexibility index (Phi) is 9.24. The van der Waals surface area contributed by atoms with Crippen LogP contribution < -0.4 is 0 Å². The number of rotatable bonds is 7. The van der Waals surface area contributed by atoms with E-state index in [0.29, 0.717) is 22.2 Å². The first-order chi connectivity index (χ1) is 15.1. The number of ether oxygens (including phenoxy) is 1. The summed E-state index contributed by atoms with van der Waals surface area (Å²) in [5, 5.41) is 3.23. The molecule has 0 spiro atoms. The lowest BCUT2D eigenvalue weighted by Crippen LogP contribution is -2.32. The second-order valence-corrected chi connectivity index (χ2v) is 9.02. The van der Waals surface area contributed by atoms with Crippen LogP contribution in [0.2, 0.25) is 10.0 Å². The molecule has 0 saturated carbocycles. The maximum atomic E-state index is 12.7. The first-order valence-corrected chi connectivity index (χ1v) is 11.7. The third-order valence-electron chi connectivity index (χ3n) is 6.07. The molecule has 170 valence electrons. The van der Waals surface area contributed by atoms with Crippen LogP contribution in [0.5, 0.6) is 0 Å². The highest BCUT2D eigenvalue weighted by Gasteiger charge is 2.21. The zero-order valence-electron chi connectivity index (χ0n) is 17.9. The lowest BCUT2D eigenvalue weighted by molar-refractivity contribution is 0.0470. The quantitative estimate of drug-likeness (QED) is 0.322. The summed E-state index contributed by atoms with van der Waals surface area (Å²) in [4.78, 5) is 15.2. The minimum atomic E-state index is -0.412. The lowest BCUT2D eigenvalue weighted by Gasteiger charge is -2.28. The Morgan fingerprint density at radius 3 is 2.50 bits per heavy atom. The second-order valence-electron chi connectivity index (χ2n) is 8.18. The molecular formula is C26H28Cl3NO2. The van der Waals surface area contributed by atoms with E-state index in [1.54, 1.807) is 18.2 Å². The van der Waals surface area contributed by atoms with Gasteiger partial charge in [0.05, 0.1) is 17.2 Å². The summed E-state index contributed by atoms with van der Waals surface area (Å²) in [6, 6.07) is 19.6. The number of likely N-dealkylation sites (tertiary alicyclic amines) is 1. The maximum Gasteiger partial charge on any atom is 0.339 e. The van der Waals surface area contributed by atoms with E-state index >= 15 is 0 Å². The Morgan fingerprint density at radius 1 is 0.969 bits per heavy atom. The van der Waals surface area contributed by atoms with Gasteiger partial charge in [-0.2, -0.15) is 0 Å². The van der Waals surface area contributed by atoms with Crippen molar-refractivity contribution in [2.45, 2.75) is 31.6 Å². The van der Waals surface area contributed by atoms with Gasteiger partial charge in [0.25, 0.3) is 0 Å². The minimum absolute atomic E-state index is 0. The molecular weight excluding hydrogens is 465 g/mol. The molecule has 1 unspecified atom stereocenters. The number of halogens is 3. The second kappa shape index (κ2) is 11.9. The summed E-state index contributed by atoms with van der Waals surface area (Å²) < 4.78 is 5.77. The van der Waals surface area contributed by atoms with E-state index in [0.717, 1.165) is 26.1 Å². The highest BCUT2D eigenvalue weighted by Crippen LogP contribution is 2.30. The highest BCUT2D eigenvalue weighted by atomic mass is 35.5. The van der Waals surface area contributed by atoms with Crippen molar-refractivity contribution < 1.29 is 9.53 Å². The van der Waals surface area contributed by atoms with Gasteiger partial charge in [-0.15, -0.1) is 12.4 Å². The van der Waals surface area contributed by atoms with Crippen LogP contribution in [-0.4, -0.2) is 37.1 Å². The smallest absolute Gasteiger partial charge is 0.339 e. The van der Waals surface area contributed by atoms with Gasteiger partial charge in [0.15, 0.2) is 0 Å². The van der Waals surface area contributed by atoms with E-state index < -0.39 is 5.97 Å². The third kappa shape index (κ3) is 6.17. The number of carbonyl (C=O) groups excluding carboxylic acids is 1.